The molecule has 0 saturated heterocycles. The number of nitrogen functional groups attached to an aromatic ring is 1. The van der Waals surface area contributed by atoms with Crippen LogP contribution in [0.15, 0.2) is 66.7 Å². The van der Waals surface area contributed by atoms with E-state index >= 15 is 0 Å². The van der Waals surface area contributed by atoms with Crippen LogP contribution in [0, 0.1) is 5.41 Å². The number of aliphatic carboxylic acids is 1. The van der Waals surface area contributed by atoms with Gasteiger partial charge in [0.1, 0.15) is 5.84 Å². The molecule has 0 fully saturated rings. The lowest BCUT2D eigenvalue weighted by molar-refractivity contribution is -0.192. The first-order chi connectivity index (χ1) is 17.3. The van der Waals surface area contributed by atoms with Gasteiger partial charge in [-0.25, -0.2) is 9.59 Å². The maximum Gasteiger partial charge on any atom is 0.490 e. The molecule has 0 spiro atoms. The van der Waals surface area contributed by atoms with Crippen LogP contribution >= 0.6 is 23.2 Å². The van der Waals surface area contributed by atoms with Crippen molar-refractivity contribution in [2.75, 3.05) is 16.0 Å². The van der Waals surface area contributed by atoms with Gasteiger partial charge in [0.05, 0.1) is 21.4 Å². The zero-order valence-electron chi connectivity index (χ0n) is 19.2. The summed E-state index contributed by atoms with van der Waals surface area (Å²) in [5, 5.41) is 24.2. The molecule has 3 rings (SSSR count). The first-order valence-corrected chi connectivity index (χ1v) is 11.2. The second-order valence-electron chi connectivity index (χ2n) is 7.46. The molecule has 0 aromatic heterocycles. The number of urea groups is 1. The minimum Gasteiger partial charge on any atom is -0.475 e. The molecule has 0 aliphatic heterocycles. The maximum absolute atomic E-state index is 12.5. The smallest absolute Gasteiger partial charge is 0.475 e. The molecule has 0 saturated carbocycles. The summed E-state index contributed by atoms with van der Waals surface area (Å²) in [6, 6.07) is 19.4. The fourth-order valence-corrected chi connectivity index (χ4v) is 3.17. The van der Waals surface area contributed by atoms with Crippen LogP contribution in [-0.2, 0) is 4.79 Å². The number of nitrogens with one attached hydrogen (secondary N) is 4. The summed E-state index contributed by atoms with van der Waals surface area (Å²) in [7, 11) is 0. The quantitative estimate of drug-likeness (QED) is 0.148. The zero-order chi connectivity index (χ0) is 27.8. The van der Waals surface area contributed by atoms with Gasteiger partial charge in [0.2, 0.25) is 0 Å². The number of rotatable bonds is 6. The zero-order valence-corrected chi connectivity index (χ0v) is 20.7. The molecule has 0 bridgehead atoms. The molecular formula is C24H22Cl2F3N5O3. The topological polar surface area (TPSA) is 140 Å². The van der Waals surface area contributed by atoms with Gasteiger partial charge in [-0.2, -0.15) is 13.2 Å². The molecule has 1 atom stereocenters. The number of anilines is 3. The van der Waals surface area contributed by atoms with Gasteiger partial charge in [0.15, 0.2) is 0 Å². The maximum atomic E-state index is 12.5. The van der Waals surface area contributed by atoms with Crippen molar-refractivity contribution < 1.29 is 27.9 Å². The summed E-state index contributed by atoms with van der Waals surface area (Å²) in [4.78, 5) is 21.4. The number of hydrogen-bond donors (Lipinski definition) is 6. The number of carboxylic acid groups (broad SMARTS) is 1. The van der Waals surface area contributed by atoms with E-state index in [1.165, 1.54) is 0 Å². The largest absolute Gasteiger partial charge is 0.490 e. The standard InChI is InChI=1S/C22H21Cl2N5O.C2HF3O2/c1-13(14-5-3-2-4-6-14)27-19-11-17(23)18(24)12-20(19)29-22(30)28-16-9-7-15(8-10-16)21(25)26;3-2(4,5)1(6)7/h2-13,27H,1H3,(H3,25,26)(H2,28,29,30);(H,6,7). The fraction of sp³-hybridized carbons (Fsp3) is 0.125. The minimum absolute atomic E-state index is 0.0221. The Morgan fingerprint density at radius 2 is 1.46 bits per heavy atom. The Bertz CT molecular complexity index is 1260. The number of carboxylic acids is 1. The highest BCUT2D eigenvalue weighted by Crippen LogP contribution is 2.34. The summed E-state index contributed by atoms with van der Waals surface area (Å²) >= 11 is 12.4. The van der Waals surface area contributed by atoms with Gasteiger partial charge in [-0.15, -0.1) is 0 Å². The Kier molecular flexibility index (Phi) is 10.2. The van der Waals surface area contributed by atoms with E-state index in [0.29, 0.717) is 32.7 Å². The van der Waals surface area contributed by atoms with Crippen molar-refractivity contribution in [3.63, 3.8) is 0 Å². The summed E-state index contributed by atoms with van der Waals surface area (Å²) in [6.07, 6.45) is -5.08. The summed E-state index contributed by atoms with van der Waals surface area (Å²) in [6.45, 7) is 2.01. The fourth-order valence-electron chi connectivity index (χ4n) is 2.85. The number of halogens is 5. The summed E-state index contributed by atoms with van der Waals surface area (Å²) in [5.41, 5.74) is 8.80. The van der Waals surface area contributed by atoms with E-state index < -0.39 is 18.2 Å². The molecule has 3 aromatic carbocycles. The predicted octanol–water partition coefficient (Wildman–Crippen LogP) is 6.73. The molecule has 196 valence electrons. The number of nitrogens with two attached hydrogens (primary N) is 1. The van der Waals surface area contributed by atoms with E-state index in [1.54, 1.807) is 36.4 Å². The molecule has 0 heterocycles. The van der Waals surface area contributed by atoms with E-state index in [1.807, 2.05) is 37.3 Å². The lowest BCUT2D eigenvalue weighted by Crippen LogP contribution is -2.21. The van der Waals surface area contributed by atoms with Crippen LogP contribution in [0.5, 0.6) is 0 Å². The molecule has 37 heavy (non-hydrogen) atoms. The molecule has 2 amide bonds. The number of amidine groups is 1. The van der Waals surface area contributed by atoms with E-state index in [2.05, 4.69) is 16.0 Å². The number of benzene rings is 3. The molecule has 0 aliphatic carbocycles. The summed E-state index contributed by atoms with van der Waals surface area (Å²) in [5.74, 6) is -2.79. The number of carbonyl (C=O) groups excluding carboxylic acids is 1. The van der Waals surface area contributed by atoms with Crippen LogP contribution in [-0.4, -0.2) is 29.1 Å². The highest BCUT2D eigenvalue weighted by Gasteiger charge is 2.38. The third-order valence-electron chi connectivity index (χ3n) is 4.68. The third kappa shape index (κ3) is 9.21. The number of carbonyl (C=O) groups is 2. The van der Waals surface area contributed by atoms with Crippen molar-refractivity contribution in [2.45, 2.75) is 19.1 Å². The van der Waals surface area contributed by atoms with Crippen LogP contribution in [0.2, 0.25) is 10.0 Å². The Balaban J connectivity index is 0.000000604. The Hall–Kier alpha value is -3.96. The number of hydrogen-bond acceptors (Lipinski definition) is 4. The van der Waals surface area contributed by atoms with Gasteiger partial charge in [-0.1, -0.05) is 53.5 Å². The second-order valence-corrected chi connectivity index (χ2v) is 8.28. The average molecular weight is 556 g/mol. The third-order valence-corrected chi connectivity index (χ3v) is 5.40. The monoisotopic (exact) mass is 555 g/mol. The highest BCUT2D eigenvalue weighted by atomic mass is 35.5. The lowest BCUT2D eigenvalue weighted by Gasteiger charge is -2.20. The molecule has 0 radical (unpaired) electrons. The molecule has 0 aliphatic rings. The first kappa shape index (κ1) is 29.3. The Labute approximate surface area is 220 Å². The van der Waals surface area contributed by atoms with Gasteiger partial charge in [0, 0.05) is 17.3 Å². The van der Waals surface area contributed by atoms with E-state index in [-0.39, 0.29) is 11.9 Å². The molecule has 13 heteroatoms. The van der Waals surface area contributed by atoms with Crippen molar-refractivity contribution in [3.05, 3.63) is 87.9 Å². The van der Waals surface area contributed by atoms with Gasteiger partial charge in [-0.3, -0.25) is 5.41 Å². The molecular weight excluding hydrogens is 534 g/mol. The van der Waals surface area contributed by atoms with Crippen LogP contribution in [0.1, 0.15) is 24.1 Å². The Morgan fingerprint density at radius 3 is 1.95 bits per heavy atom. The van der Waals surface area contributed by atoms with E-state index in [4.69, 9.17) is 44.2 Å². The van der Waals surface area contributed by atoms with E-state index in [0.717, 1.165) is 5.56 Å². The summed E-state index contributed by atoms with van der Waals surface area (Å²) < 4.78 is 31.7. The molecule has 7 N–H and O–H groups in total. The van der Waals surface area contributed by atoms with Crippen LogP contribution in [0.25, 0.3) is 0 Å². The predicted molar refractivity (Wildman–Crippen MR) is 139 cm³/mol. The number of amides is 2. The molecule has 8 nitrogen and oxygen atoms in total. The highest BCUT2D eigenvalue weighted by molar-refractivity contribution is 6.42. The second kappa shape index (κ2) is 12.8. The van der Waals surface area contributed by atoms with Crippen molar-refractivity contribution in [1.82, 2.24) is 0 Å². The molecule has 1 unspecified atom stereocenters. The lowest BCUT2D eigenvalue weighted by atomic mass is 10.1. The van der Waals surface area contributed by atoms with Crippen LogP contribution in [0.3, 0.4) is 0 Å². The SMILES string of the molecule is CC(Nc1cc(Cl)c(Cl)cc1NC(=O)Nc1ccc(C(=N)N)cc1)c1ccccc1.O=C(O)C(F)(F)F. The van der Waals surface area contributed by atoms with Crippen LogP contribution < -0.4 is 21.7 Å². The van der Waals surface area contributed by atoms with Crippen LogP contribution in [0.4, 0.5) is 35.0 Å². The first-order valence-electron chi connectivity index (χ1n) is 10.4. The van der Waals surface area contributed by atoms with Crippen molar-refractivity contribution in [1.29, 1.82) is 5.41 Å². The Morgan fingerprint density at radius 1 is 0.946 bits per heavy atom. The van der Waals surface area contributed by atoms with E-state index in [9.17, 15) is 18.0 Å². The minimum atomic E-state index is -5.08. The average Bonchev–Trinajstić information content (AvgIpc) is 2.83. The van der Waals surface area contributed by atoms with Gasteiger partial charge in [-0.05, 0) is 48.9 Å². The van der Waals surface area contributed by atoms with Gasteiger partial charge >= 0.3 is 18.2 Å². The normalized spacial score (nSPS) is 11.4. The van der Waals surface area contributed by atoms with Crippen molar-refractivity contribution in [3.8, 4) is 0 Å². The van der Waals surface area contributed by atoms with Crippen molar-refractivity contribution in [2.24, 2.45) is 5.73 Å². The van der Waals surface area contributed by atoms with Crippen molar-refractivity contribution >= 4 is 58.1 Å². The van der Waals surface area contributed by atoms with Gasteiger partial charge < -0.3 is 26.8 Å². The number of alkyl halides is 3. The molecule has 3 aromatic rings. The van der Waals surface area contributed by atoms with Gasteiger partial charge in [0.25, 0.3) is 0 Å².